The molecule has 5 nitrogen and oxygen atoms in total. The molecule has 1 atom stereocenters. The number of hydrogen-bond acceptors (Lipinski definition) is 4. The van der Waals surface area contributed by atoms with Gasteiger partial charge in [0.15, 0.2) is 0 Å². The van der Waals surface area contributed by atoms with E-state index in [1.54, 1.807) is 12.3 Å². The molecule has 0 N–H and O–H groups in total. The predicted octanol–water partition coefficient (Wildman–Crippen LogP) is 2.99. The first-order chi connectivity index (χ1) is 10.4. The van der Waals surface area contributed by atoms with Gasteiger partial charge in [0.2, 0.25) is 5.88 Å². The fourth-order valence-electron chi connectivity index (χ4n) is 2.35. The average Bonchev–Trinajstić information content (AvgIpc) is 3.04. The van der Waals surface area contributed by atoms with Crippen molar-refractivity contribution in [2.24, 2.45) is 0 Å². The van der Waals surface area contributed by atoms with Gasteiger partial charge in [-0.1, -0.05) is 0 Å². The maximum atomic E-state index is 12.0. The fourth-order valence-corrected chi connectivity index (χ4v) is 2.35. The second-order valence-electron chi connectivity index (χ2n) is 4.92. The lowest BCUT2D eigenvalue weighted by atomic mass is 10.2. The molecule has 0 bridgehead atoms. The number of hydrogen-bond donors (Lipinski definition) is 0. The lowest BCUT2D eigenvalue weighted by Gasteiger charge is -2.22. The first-order valence-corrected chi connectivity index (χ1v) is 7.19. The van der Waals surface area contributed by atoms with Crippen molar-refractivity contribution in [1.29, 1.82) is 0 Å². The largest absolute Gasteiger partial charge is 0.475 e. The Bertz CT molecular complexity index is 565. The van der Waals surface area contributed by atoms with E-state index in [0.717, 1.165) is 30.7 Å². The highest BCUT2D eigenvalue weighted by molar-refractivity contribution is 5.57. The van der Waals surface area contributed by atoms with E-state index < -0.39 is 6.67 Å². The lowest BCUT2D eigenvalue weighted by molar-refractivity contribution is -0.0393. The third-order valence-corrected chi connectivity index (χ3v) is 3.42. The number of rotatable bonds is 5. The molecular weight excluding hydrogens is 273 g/mol. The van der Waals surface area contributed by atoms with Crippen molar-refractivity contribution in [1.82, 2.24) is 14.8 Å². The van der Waals surface area contributed by atoms with Gasteiger partial charge in [-0.05, 0) is 31.4 Å². The van der Waals surface area contributed by atoms with Crippen molar-refractivity contribution in [3.63, 3.8) is 0 Å². The number of alkyl halides is 1. The van der Waals surface area contributed by atoms with Crippen LogP contribution in [-0.4, -0.2) is 34.7 Å². The molecule has 0 aliphatic carbocycles. The summed E-state index contributed by atoms with van der Waals surface area (Å²) in [6, 6.07) is 5.53. The molecule has 0 spiro atoms. The molecule has 1 saturated heterocycles. The summed E-state index contributed by atoms with van der Waals surface area (Å²) in [5, 5.41) is 4.55. The van der Waals surface area contributed by atoms with Crippen LogP contribution in [0.25, 0.3) is 11.3 Å². The first kappa shape index (κ1) is 14.0. The second kappa shape index (κ2) is 6.67. The highest BCUT2D eigenvalue weighted by Crippen LogP contribution is 2.24. The molecule has 2 aromatic heterocycles. The van der Waals surface area contributed by atoms with Gasteiger partial charge in [0.05, 0.1) is 5.69 Å². The monoisotopic (exact) mass is 291 g/mol. The van der Waals surface area contributed by atoms with E-state index >= 15 is 0 Å². The minimum atomic E-state index is -0.519. The van der Waals surface area contributed by atoms with Crippen molar-refractivity contribution < 1.29 is 13.9 Å². The van der Waals surface area contributed by atoms with Crippen LogP contribution in [0.3, 0.4) is 0 Å². The second-order valence-corrected chi connectivity index (χ2v) is 4.92. The summed E-state index contributed by atoms with van der Waals surface area (Å²) in [6.07, 6.45) is 6.93. The van der Waals surface area contributed by atoms with Gasteiger partial charge < -0.3 is 9.47 Å². The normalized spacial score (nSPS) is 18.6. The molecule has 0 radical (unpaired) electrons. The molecule has 0 amide bonds. The van der Waals surface area contributed by atoms with Crippen LogP contribution in [0.2, 0.25) is 0 Å². The Hall–Kier alpha value is -1.95. The molecule has 1 aliphatic heterocycles. The highest BCUT2D eigenvalue weighted by atomic mass is 19.1. The van der Waals surface area contributed by atoms with Gasteiger partial charge in [-0.25, -0.2) is 14.1 Å². The minimum absolute atomic E-state index is 0.0278. The van der Waals surface area contributed by atoms with Crippen LogP contribution in [0.15, 0.2) is 30.6 Å². The van der Waals surface area contributed by atoms with Gasteiger partial charge in [-0.3, -0.25) is 0 Å². The van der Waals surface area contributed by atoms with E-state index in [2.05, 4.69) is 10.1 Å². The predicted molar refractivity (Wildman–Crippen MR) is 75.8 cm³/mol. The molecule has 1 unspecified atom stereocenters. The summed E-state index contributed by atoms with van der Waals surface area (Å²) in [5.41, 5.74) is 1.74. The molecule has 6 heteroatoms. The van der Waals surface area contributed by atoms with Crippen molar-refractivity contribution in [3.8, 4) is 17.1 Å². The van der Waals surface area contributed by atoms with Crippen LogP contribution < -0.4 is 4.74 Å². The van der Waals surface area contributed by atoms with Gasteiger partial charge in [-0.2, -0.15) is 5.10 Å². The molecule has 1 aliphatic rings. The number of pyridine rings is 1. The Morgan fingerprint density at radius 1 is 1.33 bits per heavy atom. The Morgan fingerprint density at radius 3 is 3.00 bits per heavy atom. The highest BCUT2D eigenvalue weighted by Gasteiger charge is 2.16. The molecule has 21 heavy (non-hydrogen) atoms. The molecule has 0 aromatic carbocycles. The Kier molecular flexibility index (Phi) is 4.45. The van der Waals surface area contributed by atoms with Crippen LogP contribution >= 0.6 is 0 Å². The fraction of sp³-hybridized carbons (Fsp3) is 0.467. The quantitative estimate of drug-likeness (QED) is 0.849. The zero-order valence-corrected chi connectivity index (χ0v) is 11.7. The zero-order chi connectivity index (χ0) is 14.5. The Labute approximate surface area is 122 Å². The standard InChI is InChI=1S/C15H18FN3O2/c16-7-10-20-14-5-4-12(11-17-14)13-6-8-19(18-13)15-3-1-2-9-21-15/h4-6,8,11,15H,1-3,7,9-10H2. The lowest BCUT2D eigenvalue weighted by Crippen LogP contribution is -2.18. The van der Waals surface area contributed by atoms with E-state index in [1.165, 1.54) is 6.42 Å². The first-order valence-electron chi connectivity index (χ1n) is 7.19. The molecule has 1 fully saturated rings. The van der Waals surface area contributed by atoms with Crippen LogP contribution in [0.1, 0.15) is 25.5 Å². The van der Waals surface area contributed by atoms with Crippen LogP contribution in [-0.2, 0) is 4.74 Å². The van der Waals surface area contributed by atoms with Gasteiger partial charge in [0.1, 0.15) is 19.5 Å². The molecule has 2 aromatic rings. The van der Waals surface area contributed by atoms with E-state index in [9.17, 15) is 4.39 Å². The summed E-state index contributed by atoms with van der Waals surface area (Å²) in [7, 11) is 0. The van der Waals surface area contributed by atoms with E-state index in [-0.39, 0.29) is 12.8 Å². The molecule has 112 valence electrons. The third kappa shape index (κ3) is 3.39. The maximum Gasteiger partial charge on any atom is 0.213 e. The summed E-state index contributed by atoms with van der Waals surface area (Å²) >= 11 is 0. The molecular formula is C15H18FN3O2. The average molecular weight is 291 g/mol. The summed E-state index contributed by atoms with van der Waals surface area (Å²) in [5.74, 6) is 0.423. The Balaban J connectivity index is 1.70. The smallest absolute Gasteiger partial charge is 0.213 e. The summed E-state index contributed by atoms with van der Waals surface area (Å²) in [6.45, 7) is 0.303. The van der Waals surface area contributed by atoms with Crippen molar-refractivity contribution in [3.05, 3.63) is 30.6 Å². The molecule has 3 rings (SSSR count). The van der Waals surface area contributed by atoms with E-state index in [1.807, 2.05) is 23.0 Å². The summed E-state index contributed by atoms with van der Waals surface area (Å²) in [4.78, 5) is 4.14. The Morgan fingerprint density at radius 2 is 2.29 bits per heavy atom. The SMILES string of the molecule is FCCOc1ccc(-c2ccn(C3CCCCO3)n2)cn1. The third-order valence-electron chi connectivity index (χ3n) is 3.42. The van der Waals surface area contributed by atoms with E-state index in [4.69, 9.17) is 9.47 Å². The topological polar surface area (TPSA) is 49.2 Å². The molecule has 3 heterocycles. The van der Waals surface area contributed by atoms with Crippen molar-refractivity contribution in [2.45, 2.75) is 25.5 Å². The minimum Gasteiger partial charge on any atom is -0.475 e. The number of nitrogens with zero attached hydrogens (tertiary/aromatic N) is 3. The maximum absolute atomic E-state index is 12.0. The number of aromatic nitrogens is 3. The van der Waals surface area contributed by atoms with Gasteiger partial charge in [0, 0.05) is 30.6 Å². The van der Waals surface area contributed by atoms with Gasteiger partial charge in [-0.15, -0.1) is 0 Å². The van der Waals surface area contributed by atoms with Crippen molar-refractivity contribution in [2.75, 3.05) is 19.9 Å². The van der Waals surface area contributed by atoms with Gasteiger partial charge in [0.25, 0.3) is 0 Å². The number of halogens is 1. The van der Waals surface area contributed by atoms with Crippen LogP contribution in [0, 0.1) is 0 Å². The van der Waals surface area contributed by atoms with Gasteiger partial charge >= 0.3 is 0 Å². The molecule has 0 saturated carbocycles. The number of ether oxygens (including phenoxy) is 2. The van der Waals surface area contributed by atoms with Crippen molar-refractivity contribution >= 4 is 0 Å². The van der Waals surface area contributed by atoms with E-state index in [0.29, 0.717) is 5.88 Å². The summed E-state index contributed by atoms with van der Waals surface area (Å²) < 4.78 is 24.7. The van der Waals surface area contributed by atoms with Crippen LogP contribution in [0.4, 0.5) is 4.39 Å². The zero-order valence-electron chi connectivity index (χ0n) is 11.7. The van der Waals surface area contributed by atoms with Crippen LogP contribution in [0.5, 0.6) is 5.88 Å².